The third-order valence-corrected chi connectivity index (χ3v) is 4.51. The van der Waals surface area contributed by atoms with Crippen LogP contribution >= 0.6 is 0 Å². The number of aryl methyl sites for hydroxylation is 2. The number of nitrogens with one attached hydrogen (secondary N) is 1. The van der Waals surface area contributed by atoms with Crippen molar-refractivity contribution < 1.29 is 14.3 Å². The average molecular weight is 355 g/mol. The summed E-state index contributed by atoms with van der Waals surface area (Å²) in [5.41, 5.74) is 3.29. The van der Waals surface area contributed by atoms with Gasteiger partial charge in [-0.3, -0.25) is 4.79 Å². The van der Waals surface area contributed by atoms with Crippen LogP contribution in [0.4, 0.5) is 0 Å². The Morgan fingerprint density at radius 1 is 1.04 bits per heavy atom. The van der Waals surface area contributed by atoms with Gasteiger partial charge < -0.3 is 14.8 Å². The Kier molecular flexibility index (Phi) is 7.07. The molecule has 0 heterocycles. The van der Waals surface area contributed by atoms with Crippen LogP contribution < -0.4 is 14.8 Å². The van der Waals surface area contributed by atoms with E-state index in [4.69, 9.17) is 9.47 Å². The van der Waals surface area contributed by atoms with Crippen LogP contribution in [0, 0.1) is 13.8 Å². The van der Waals surface area contributed by atoms with Crippen molar-refractivity contribution in [3.8, 4) is 11.5 Å². The number of carbonyl (C=O) groups is 1. The summed E-state index contributed by atoms with van der Waals surface area (Å²) in [6.07, 6.45) is 0.905. The first-order valence-corrected chi connectivity index (χ1v) is 9.16. The third-order valence-electron chi connectivity index (χ3n) is 4.51. The van der Waals surface area contributed by atoms with Crippen LogP contribution in [0.3, 0.4) is 0 Å². The summed E-state index contributed by atoms with van der Waals surface area (Å²) in [7, 11) is 1.66. The molecule has 0 fully saturated rings. The van der Waals surface area contributed by atoms with E-state index in [1.54, 1.807) is 7.11 Å². The average Bonchev–Trinajstić information content (AvgIpc) is 2.65. The molecule has 0 aliphatic rings. The maximum absolute atomic E-state index is 12.7. The molecule has 0 saturated heterocycles. The second-order valence-electron chi connectivity index (χ2n) is 6.53. The van der Waals surface area contributed by atoms with Crippen LogP contribution in [-0.2, 0) is 4.79 Å². The topological polar surface area (TPSA) is 47.6 Å². The largest absolute Gasteiger partial charge is 0.496 e. The van der Waals surface area contributed by atoms with Crippen LogP contribution in [0.15, 0.2) is 42.5 Å². The molecule has 0 aliphatic heterocycles. The van der Waals surface area contributed by atoms with Gasteiger partial charge in [-0.05, 0) is 56.0 Å². The summed E-state index contributed by atoms with van der Waals surface area (Å²) >= 11 is 0. The standard InChI is InChI=1S/C22H29NO3/c1-6-19(17-10-13-21(25-5)16(4)14-17)23-22(24)20(7-2)26-18-11-8-15(3)9-12-18/h8-14,19-20H,6-7H2,1-5H3,(H,23,24)/t19-,20+/m1/s1. The molecule has 2 atom stereocenters. The molecule has 4 heteroatoms. The second kappa shape index (κ2) is 9.27. The molecule has 2 aromatic rings. The van der Waals surface area contributed by atoms with E-state index >= 15 is 0 Å². The highest BCUT2D eigenvalue weighted by molar-refractivity contribution is 5.81. The molecule has 140 valence electrons. The fraction of sp³-hybridized carbons (Fsp3) is 0.409. The van der Waals surface area contributed by atoms with E-state index in [-0.39, 0.29) is 11.9 Å². The van der Waals surface area contributed by atoms with Gasteiger partial charge in [0.05, 0.1) is 13.2 Å². The number of benzene rings is 2. The van der Waals surface area contributed by atoms with Gasteiger partial charge in [-0.1, -0.05) is 43.7 Å². The molecule has 26 heavy (non-hydrogen) atoms. The van der Waals surface area contributed by atoms with Crippen LogP contribution in [0.25, 0.3) is 0 Å². The lowest BCUT2D eigenvalue weighted by Gasteiger charge is -2.23. The minimum atomic E-state index is -0.508. The van der Waals surface area contributed by atoms with E-state index in [1.807, 2.05) is 57.2 Å². The number of methoxy groups -OCH3 is 1. The van der Waals surface area contributed by atoms with Crippen LogP contribution in [0.5, 0.6) is 11.5 Å². The van der Waals surface area contributed by atoms with E-state index in [9.17, 15) is 4.79 Å². The zero-order valence-corrected chi connectivity index (χ0v) is 16.3. The highest BCUT2D eigenvalue weighted by Gasteiger charge is 2.22. The molecule has 0 saturated carbocycles. The fourth-order valence-electron chi connectivity index (χ4n) is 2.91. The highest BCUT2D eigenvalue weighted by Crippen LogP contribution is 2.24. The minimum Gasteiger partial charge on any atom is -0.496 e. The normalized spacial score (nSPS) is 13.0. The van der Waals surface area contributed by atoms with Gasteiger partial charge in [0, 0.05) is 0 Å². The summed E-state index contributed by atoms with van der Waals surface area (Å²) in [6.45, 7) is 8.05. The summed E-state index contributed by atoms with van der Waals surface area (Å²) in [6, 6.07) is 13.7. The Bertz CT molecular complexity index is 725. The molecule has 0 unspecified atom stereocenters. The molecular formula is C22H29NO3. The molecule has 0 aromatic heterocycles. The van der Waals surface area contributed by atoms with Crippen molar-refractivity contribution in [1.29, 1.82) is 0 Å². The van der Waals surface area contributed by atoms with Gasteiger partial charge in [-0.15, -0.1) is 0 Å². The van der Waals surface area contributed by atoms with Crippen molar-refractivity contribution in [2.75, 3.05) is 7.11 Å². The number of hydrogen-bond acceptors (Lipinski definition) is 3. The summed E-state index contributed by atoms with van der Waals surface area (Å²) < 4.78 is 11.2. The Balaban J connectivity index is 2.08. The molecule has 1 N–H and O–H groups in total. The van der Waals surface area contributed by atoms with Gasteiger partial charge >= 0.3 is 0 Å². The minimum absolute atomic E-state index is 0.0530. The first kappa shape index (κ1) is 19.8. The predicted octanol–water partition coefficient (Wildman–Crippen LogP) is 4.74. The highest BCUT2D eigenvalue weighted by atomic mass is 16.5. The summed E-state index contributed by atoms with van der Waals surface area (Å²) in [5.74, 6) is 1.48. The van der Waals surface area contributed by atoms with Crippen LogP contribution in [0.1, 0.15) is 49.4 Å². The molecule has 0 bridgehead atoms. The van der Waals surface area contributed by atoms with Gasteiger partial charge in [-0.2, -0.15) is 0 Å². The molecule has 4 nitrogen and oxygen atoms in total. The number of hydrogen-bond donors (Lipinski definition) is 1. The van der Waals surface area contributed by atoms with E-state index in [1.165, 1.54) is 0 Å². The van der Waals surface area contributed by atoms with Crippen molar-refractivity contribution in [2.24, 2.45) is 0 Å². The quantitative estimate of drug-likeness (QED) is 0.744. The molecule has 0 spiro atoms. The van der Waals surface area contributed by atoms with Gasteiger partial charge in [0.25, 0.3) is 5.91 Å². The SMILES string of the molecule is CC[C@H](Oc1ccc(C)cc1)C(=O)N[C@H](CC)c1ccc(OC)c(C)c1. The Morgan fingerprint density at radius 2 is 1.73 bits per heavy atom. The van der Waals surface area contributed by atoms with Crippen molar-refractivity contribution in [2.45, 2.75) is 52.7 Å². The van der Waals surface area contributed by atoms with E-state index in [0.29, 0.717) is 12.2 Å². The Morgan fingerprint density at radius 3 is 2.27 bits per heavy atom. The Labute approximate surface area is 156 Å². The number of carbonyl (C=O) groups excluding carboxylic acids is 1. The maximum Gasteiger partial charge on any atom is 0.261 e. The molecule has 0 aliphatic carbocycles. The van der Waals surface area contributed by atoms with Gasteiger partial charge in [0.1, 0.15) is 11.5 Å². The lowest BCUT2D eigenvalue weighted by molar-refractivity contribution is -0.128. The second-order valence-corrected chi connectivity index (χ2v) is 6.53. The van der Waals surface area contributed by atoms with Crippen molar-refractivity contribution in [1.82, 2.24) is 5.32 Å². The van der Waals surface area contributed by atoms with Crippen molar-refractivity contribution >= 4 is 5.91 Å². The number of rotatable bonds is 8. The van der Waals surface area contributed by atoms with Gasteiger partial charge in [0.2, 0.25) is 0 Å². The maximum atomic E-state index is 12.7. The molecule has 0 radical (unpaired) electrons. The van der Waals surface area contributed by atoms with E-state index in [0.717, 1.165) is 28.9 Å². The lowest BCUT2D eigenvalue weighted by atomic mass is 10.0. The fourth-order valence-corrected chi connectivity index (χ4v) is 2.91. The lowest BCUT2D eigenvalue weighted by Crippen LogP contribution is -2.40. The molecule has 2 rings (SSSR count). The van der Waals surface area contributed by atoms with E-state index < -0.39 is 6.10 Å². The zero-order valence-electron chi connectivity index (χ0n) is 16.3. The number of amides is 1. The predicted molar refractivity (Wildman–Crippen MR) is 105 cm³/mol. The summed E-state index contributed by atoms with van der Waals surface area (Å²) in [4.78, 5) is 12.7. The van der Waals surface area contributed by atoms with Gasteiger partial charge in [-0.25, -0.2) is 0 Å². The zero-order chi connectivity index (χ0) is 19.1. The van der Waals surface area contributed by atoms with Crippen molar-refractivity contribution in [3.05, 3.63) is 59.2 Å². The Hall–Kier alpha value is -2.49. The first-order chi connectivity index (χ1) is 12.5. The molecule has 2 aromatic carbocycles. The van der Waals surface area contributed by atoms with E-state index in [2.05, 4.69) is 18.3 Å². The molecule has 1 amide bonds. The molecular weight excluding hydrogens is 326 g/mol. The smallest absolute Gasteiger partial charge is 0.261 e. The monoisotopic (exact) mass is 355 g/mol. The van der Waals surface area contributed by atoms with Crippen LogP contribution in [-0.4, -0.2) is 19.1 Å². The number of ether oxygens (including phenoxy) is 2. The van der Waals surface area contributed by atoms with Crippen molar-refractivity contribution in [3.63, 3.8) is 0 Å². The first-order valence-electron chi connectivity index (χ1n) is 9.16. The van der Waals surface area contributed by atoms with Gasteiger partial charge in [0.15, 0.2) is 6.10 Å². The summed E-state index contributed by atoms with van der Waals surface area (Å²) in [5, 5.41) is 3.13. The third kappa shape index (κ3) is 5.01. The van der Waals surface area contributed by atoms with Crippen LogP contribution in [0.2, 0.25) is 0 Å².